The number of amides is 3. The van der Waals surface area contributed by atoms with Crippen LogP contribution in [0.1, 0.15) is 50.9 Å². The van der Waals surface area contributed by atoms with Gasteiger partial charge in [-0.2, -0.15) is 0 Å². The van der Waals surface area contributed by atoms with Crippen LogP contribution < -0.4 is 5.32 Å². The van der Waals surface area contributed by atoms with Crippen molar-refractivity contribution in [2.24, 2.45) is 11.8 Å². The number of carbonyl (C=O) groups is 3. The normalized spacial score (nSPS) is 23.5. The number of imide groups is 1. The third kappa shape index (κ3) is 3.34. The smallest absolute Gasteiger partial charge is 0.233 e. The van der Waals surface area contributed by atoms with Crippen LogP contribution in [0.5, 0.6) is 0 Å². The van der Waals surface area contributed by atoms with E-state index in [0.717, 1.165) is 36.7 Å². The Bertz CT molecular complexity index is 833. The largest absolute Gasteiger partial charge is 0.346 e. The summed E-state index contributed by atoms with van der Waals surface area (Å²) in [5.74, 6) is -0.0273. The monoisotopic (exact) mass is 368 g/mol. The Morgan fingerprint density at radius 1 is 1.22 bits per heavy atom. The number of hydrogen-bond acceptors (Lipinski definition) is 4. The molecule has 4 rings (SSSR count). The molecule has 142 valence electrons. The lowest BCUT2D eigenvalue weighted by Crippen LogP contribution is -2.36. The Hall–Kier alpha value is -2.70. The second-order valence-corrected chi connectivity index (χ2v) is 7.50. The quantitative estimate of drug-likeness (QED) is 0.792. The second-order valence-electron chi connectivity index (χ2n) is 7.50. The molecule has 1 aromatic carbocycles. The number of fused-ring (bicyclic) bond motifs is 2. The van der Waals surface area contributed by atoms with Crippen molar-refractivity contribution in [2.75, 3.05) is 6.54 Å². The molecule has 27 heavy (non-hydrogen) atoms. The van der Waals surface area contributed by atoms with Gasteiger partial charge in [0.15, 0.2) is 0 Å². The summed E-state index contributed by atoms with van der Waals surface area (Å²) in [4.78, 5) is 46.2. The Labute approximate surface area is 157 Å². The van der Waals surface area contributed by atoms with Gasteiger partial charge in [0.25, 0.3) is 0 Å². The molecule has 2 N–H and O–H groups in total. The van der Waals surface area contributed by atoms with Crippen LogP contribution in [0.3, 0.4) is 0 Å². The standard InChI is InChI=1S/C20H24N4O3/c1-12(18-22-15-8-4-5-9-16(15)23-18)21-17(25)10-11-24-19(26)13-6-2-3-7-14(13)20(24)27/h4-5,8-9,12-14H,2-3,6-7,10-11H2,1H3,(H,21,25)(H,22,23). The molecule has 0 spiro atoms. The highest BCUT2D eigenvalue weighted by atomic mass is 16.2. The van der Waals surface area contributed by atoms with E-state index in [1.807, 2.05) is 31.2 Å². The molecule has 2 heterocycles. The van der Waals surface area contributed by atoms with Gasteiger partial charge in [-0.25, -0.2) is 4.98 Å². The average molecular weight is 368 g/mol. The number of rotatable bonds is 5. The maximum absolute atomic E-state index is 12.5. The molecule has 2 aromatic rings. The number of likely N-dealkylation sites (tertiary alicyclic amines) is 1. The zero-order valence-electron chi connectivity index (χ0n) is 15.4. The van der Waals surface area contributed by atoms with Crippen LogP contribution in [-0.2, 0) is 14.4 Å². The van der Waals surface area contributed by atoms with Crippen LogP contribution in [0.25, 0.3) is 11.0 Å². The summed E-state index contributed by atoms with van der Waals surface area (Å²) < 4.78 is 0. The molecule has 7 nitrogen and oxygen atoms in total. The van der Waals surface area contributed by atoms with E-state index in [1.54, 1.807) is 0 Å². The van der Waals surface area contributed by atoms with Crippen molar-refractivity contribution in [3.05, 3.63) is 30.1 Å². The molecule has 7 heteroatoms. The number of imidazole rings is 1. The lowest BCUT2D eigenvalue weighted by Gasteiger charge is -2.19. The van der Waals surface area contributed by atoms with Gasteiger partial charge in [-0.3, -0.25) is 19.3 Å². The summed E-state index contributed by atoms with van der Waals surface area (Å²) in [7, 11) is 0. The van der Waals surface area contributed by atoms with Crippen molar-refractivity contribution in [1.29, 1.82) is 0 Å². The number of carbonyl (C=O) groups excluding carboxylic acids is 3. The summed E-state index contributed by atoms with van der Waals surface area (Å²) in [5, 5.41) is 2.89. The van der Waals surface area contributed by atoms with Crippen LogP contribution in [0, 0.1) is 11.8 Å². The van der Waals surface area contributed by atoms with Crippen LogP contribution >= 0.6 is 0 Å². The first-order valence-electron chi connectivity index (χ1n) is 9.64. The molecule has 3 unspecified atom stereocenters. The molecule has 3 atom stereocenters. The lowest BCUT2D eigenvalue weighted by molar-refractivity contribution is -0.140. The highest BCUT2D eigenvalue weighted by Gasteiger charge is 2.47. The number of nitrogens with zero attached hydrogens (tertiary/aromatic N) is 2. The maximum atomic E-state index is 12.5. The SMILES string of the molecule is CC(NC(=O)CCN1C(=O)C2CCCCC2C1=O)c1nc2ccccc2[nH]1. The lowest BCUT2D eigenvalue weighted by atomic mass is 9.81. The highest BCUT2D eigenvalue weighted by molar-refractivity contribution is 6.05. The first-order chi connectivity index (χ1) is 13.0. The molecule has 0 bridgehead atoms. The van der Waals surface area contributed by atoms with Crippen molar-refractivity contribution in [3.8, 4) is 0 Å². The molecule has 0 radical (unpaired) electrons. The number of aromatic nitrogens is 2. The summed E-state index contributed by atoms with van der Waals surface area (Å²) in [5.41, 5.74) is 1.77. The molecule has 1 aliphatic heterocycles. The third-order valence-electron chi connectivity index (χ3n) is 5.69. The molecule has 2 fully saturated rings. The minimum absolute atomic E-state index is 0.0946. The number of para-hydroxylation sites is 2. The number of H-pyrrole nitrogens is 1. The molecule has 3 amide bonds. The van der Waals surface area contributed by atoms with Gasteiger partial charge in [-0.15, -0.1) is 0 Å². The van der Waals surface area contributed by atoms with Gasteiger partial charge >= 0.3 is 0 Å². The Balaban J connectivity index is 1.34. The van der Waals surface area contributed by atoms with Gasteiger partial charge in [0.1, 0.15) is 5.82 Å². The minimum atomic E-state index is -0.280. The highest BCUT2D eigenvalue weighted by Crippen LogP contribution is 2.37. The first kappa shape index (κ1) is 17.7. The van der Waals surface area contributed by atoms with Gasteiger partial charge in [-0.1, -0.05) is 25.0 Å². The van der Waals surface area contributed by atoms with Gasteiger partial charge in [0, 0.05) is 13.0 Å². The number of hydrogen-bond donors (Lipinski definition) is 2. The van der Waals surface area contributed by atoms with Gasteiger partial charge in [-0.05, 0) is 31.9 Å². The number of benzene rings is 1. The van der Waals surface area contributed by atoms with Crippen LogP contribution in [0.4, 0.5) is 0 Å². The third-order valence-corrected chi connectivity index (χ3v) is 5.69. The van der Waals surface area contributed by atoms with E-state index in [1.165, 1.54) is 4.90 Å². The molecule has 2 aliphatic rings. The minimum Gasteiger partial charge on any atom is -0.346 e. The van der Waals surface area contributed by atoms with Crippen LogP contribution in [-0.4, -0.2) is 39.1 Å². The Kier molecular flexibility index (Phi) is 4.68. The van der Waals surface area contributed by atoms with Gasteiger partial charge < -0.3 is 10.3 Å². The zero-order chi connectivity index (χ0) is 19.0. The molecular weight excluding hydrogens is 344 g/mol. The molecular formula is C20H24N4O3. The van der Waals surface area contributed by atoms with Gasteiger partial charge in [0.2, 0.25) is 17.7 Å². The van der Waals surface area contributed by atoms with E-state index in [4.69, 9.17) is 0 Å². The average Bonchev–Trinajstić information content (AvgIpc) is 3.21. The van der Waals surface area contributed by atoms with E-state index in [2.05, 4.69) is 15.3 Å². The van der Waals surface area contributed by atoms with E-state index in [9.17, 15) is 14.4 Å². The van der Waals surface area contributed by atoms with Crippen LogP contribution in [0.2, 0.25) is 0 Å². The predicted molar refractivity (Wildman–Crippen MR) is 99.4 cm³/mol. The number of aromatic amines is 1. The maximum Gasteiger partial charge on any atom is 0.233 e. The summed E-state index contributed by atoms with van der Waals surface area (Å²) in [6, 6.07) is 7.41. The van der Waals surface area contributed by atoms with E-state index in [-0.39, 0.29) is 48.6 Å². The van der Waals surface area contributed by atoms with E-state index >= 15 is 0 Å². The zero-order valence-corrected chi connectivity index (χ0v) is 15.4. The van der Waals surface area contributed by atoms with Gasteiger partial charge in [0.05, 0.1) is 28.9 Å². The van der Waals surface area contributed by atoms with Crippen molar-refractivity contribution < 1.29 is 14.4 Å². The topological polar surface area (TPSA) is 95.2 Å². The molecule has 1 saturated carbocycles. The fourth-order valence-electron chi connectivity index (χ4n) is 4.22. The number of nitrogens with one attached hydrogen (secondary N) is 2. The summed E-state index contributed by atoms with van der Waals surface area (Å²) in [6.45, 7) is 2.01. The van der Waals surface area contributed by atoms with Crippen molar-refractivity contribution in [2.45, 2.75) is 45.1 Å². The van der Waals surface area contributed by atoms with Crippen molar-refractivity contribution >= 4 is 28.8 Å². The molecule has 1 aromatic heterocycles. The first-order valence-corrected chi connectivity index (χ1v) is 9.64. The predicted octanol–water partition coefficient (Wildman–Crippen LogP) is 2.31. The fraction of sp³-hybridized carbons (Fsp3) is 0.500. The Morgan fingerprint density at radius 2 is 1.89 bits per heavy atom. The van der Waals surface area contributed by atoms with E-state index in [0.29, 0.717) is 5.82 Å². The summed E-state index contributed by atoms with van der Waals surface area (Å²) in [6.07, 6.45) is 3.70. The summed E-state index contributed by atoms with van der Waals surface area (Å²) >= 11 is 0. The Morgan fingerprint density at radius 3 is 2.56 bits per heavy atom. The van der Waals surface area contributed by atoms with E-state index < -0.39 is 0 Å². The van der Waals surface area contributed by atoms with Crippen molar-refractivity contribution in [3.63, 3.8) is 0 Å². The van der Waals surface area contributed by atoms with Crippen molar-refractivity contribution in [1.82, 2.24) is 20.2 Å². The second kappa shape index (κ2) is 7.13. The molecule has 1 saturated heterocycles. The van der Waals surface area contributed by atoms with Crippen LogP contribution in [0.15, 0.2) is 24.3 Å². The molecule has 1 aliphatic carbocycles. The fourth-order valence-corrected chi connectivity index (χ4v) is 4.22.